The Bertz CT molecular complexity index is 442. The van der Waals surface area contributed by atoms with Crippen molar-refractivity contribution >= 4 is 17.6 Å². The average Bonchev–Trinajstić information content (AvgIpc) is 2.26. The number of nitrogens with one attached hydrogen (secondary N) is 1. The second-order valence-corrected chi connectivity index (χ2v) is 3.62. The number of benzene rings is 1. The van der Waals surface area contributed by atoms with Crippen LogP contribution in [0.25, 0.3) is 0 Å². The first-order valence-electron chi connectivity index (χ1n) is 5.37. The van der Waals surface area contributed by atoms with E-state index in [4.69, 9.17) is 0 Å². The molecule has 0 saturated carbocycles. The third-order valence-corrected chi connectivity index (χ3v) is 2.16. The molecule has 0 spiro atoms. The summed E-state index contributed by atoms with van der Waals surface area (Å²) >= 11 is 0. The van der Waals surface area contributed by atoms with Crippen LogP contribution in [0.5, 0.6) is 0 Å². The monoisotopic (exact) mass is 257 g/mol. The summed E-state index contributed by atoms with van der Waals surface area (Å²) < 4.78 is 30.4. The quantitative estimate of drug-likeness (QED) is 0.664. The number of halogens is 2. The lowest BCUT2D eigenvalue weighted by atomic mass is 10.1. The molecule has 1 unspecified atom stereocenters. The Labute approximate surface area is 103 Å². The molecular weight excluding hydrogens is 244 g/mol. The van der Waals surface area contributed by atoms with Crippen molar-refractivity contribution in [3.8, 4) is 0 Å². The van der Waals surface area contributed by atoms with Crippen LogP contribution < -0.4 is 5.32 Å². The van der Waals surface area contributed by atoms with Crippen molar-refractivity contribution in [3.63, 3.8) is 0 Å². The van der Waals surface area contributed by atoms with E-state index in [-0.39, 0.29) is 12.3 Å². The molecule has 4 nitrogen and oxygen atoms in total. The minimum atomic E-state index is -1.05. The normalized spacial score (nSPS) is 11.8. The maximum Gasteiger partial charge on any atom is 0.318 e. The van der Waals surface area contributed by atoms with Crippen molar-refractivity contribution in [3.05, 3.63) is 29.8 Å². The Morgan fingerprint density at radius 3 is 2.33 bits per heavy atom. The molecule has 0 radical (unpaired) electrons. The maximum atomic E-state index is 12.9. The zero-order valence-corrected chi connectivity index (χ0v) is 10.00. The van der Waals surface area contributed by atoms with E-state index in [0.29, 0.717) is 6.07 Å². The molecule has 1 aromatic rings. The molecule has 98 valence electrons. The van der Waals surface area contributed by atoms with Gasteiger partial charge in [-0.15, -0.1) is 0 Å². The zero-order chi connectivity index (χ0) is 13.7. The highest BCUT2D eigenvalue weighted by atomic mass is 19.1. The molecule has 1 amide bonds. The standard InChI is InChI=1S/C12H13F2NO3/c1-3-18-12(17)7(2)11(16)15-10-5-8(13)4-9(14)6-10/h4-7H,3H2,1-2H3,(H,15,16). The van der Waals surface area contributed by atoms with Gasteiger partial charge in [-0.05, 0) is 26.0 Å². The van der Waals surface area contributed by atoms with Gasteiger partial charge in [0.25, 0.3) is 0 Å². The molecule has 0 saturated heterocycles. The lowest BCUT2D eigenvalue weighted by Crippen LogP contribution is -2.28. The SMILES string of the molecule is CCOC(=O)C(C)C(=O)Nc1cc(F)cc(F)c1. The molecule has 6 heteroatoms. The van der Waals surface area contributed by atoms with Crippen LogP contribution in [0.1, 0.15) is 13.8 Å². The van der Waals surface area contributed by atoms with E-state index in [1.807, 2.05) is 0 Å². The van der Waals surface area contributed by atoms with E-state index in [2.05, 4.69) is 10.1 Å². The number of ether oxygens (including phenoxy) is 1. The van der Waals surface area contributed by atoms with E-state index in [1.54, 1.807) is 6.92 Å². The first-order chi connectivity index (χ1) is 8.43. The number of carbonyl (C=O) groups excluding carboxylic acids is 2. The predicted molar refractivity (Wildman–Crippen MR) is 60.8 cm³/mol. The van der Waals surface area contributed by atoms with E-state index in [1.165, 1.54) is 6.92 Å². The van der Waals surface area contributed by atoms with Crippen molar-refractivity contribution in [2.24, 2.45) is 5.92 Å². The molecule has 1 aromatic carbocycles. The number of rotatable bonds is 4. The molecule has 0 heterocycles. The number of hydrogen-bond donors (Lipinski definition) is 1. The Kier molecular flexibility index (Phi) is 4.76. The van der Waals surface area contributed by atoms with Gasteiger partial charge in [0.2, 0.25) is 5.91 Å². The Hall–Kier alpha value is -1.98. The van der Waals surface area contributed by atoms with Crippen LogP contribution in [-0.4, -0.2) is 18.5 Å². The van der Waals surface area contributed by atoms with Gasteiger partial charge in [0.05, 0.1) is 6.61 Å². The van der Waals surface area contributed by atoms with E-state index >= 15 is 0 Å². The van der Waals surface area contributed by atoms with Crippen molar-refractivity contribution < 1.29 is 23.1 Å². The van der Waals surface area contributed by atoms with Crippen LogP contribution in [0, 0.1) is 17.6 Å². The Balaban J connectivity index is 2.72. The molecule has 0 bridgehead atoms. The highest BCUT2D eigenvalue weighted by molar-refractivity contribution is 6.04. The van der Waals surface area contributed by atoms with Crippen LogP contribution >= 0.6 is 0 Å². The molecule has 1 N–H and O–H groups in total. The summed E-state index contributed by atoms with van der Waals surface area (Å²) in [5.74, 6) is -4.04. The van der Waals surface area contributed by atoms with E-state index < -0.39 is 29.4 Å². The molecule has 1 atom stereocenters. The summed E-state index contributed by atoms with van der Waals surface area (Å²) in [7, 11) is 0. The fraction of sp³-hybridized carbons (Fsp3) is 0.333. The van der Waals surface area contributed by atoms with E-state index in [0.717, 1.165) is 12.1 Å². The second kappa shape index (κ2) is 6.09. The van der Waals surface area contributed by atoms with Gasteiger partial charge in [-0.3, -0.25) is 9.59 Å². The summed E-state index contributed by atoms with van der Waals surface area (Å²) in [5.41, 5.74) is -0.0475. The van der Waals surface area contributed by atoms with Crippen LogP contribution in [0.3, 0.4) is 0 Å². The van der Waals surface area contributed by atoms with Crippen LogP contribution in [0.4, 0.5) is 14.5 Å². The molecule has 1 rings (SSSR count). The van der Waals surface area contributed by atoms with Crippen molar-refractivity contribution in [2.45, 2.75) is 13.8 Å². The summed E-state index contributed by atoms with van der Waals surface area (Å²) in [6.07, 6.45) is 0. The summed E-state index contributed by atoms with van der Waals surface area (Å²) in [6, 6.07) is 2.60. The topological polar surface area (TPSA) is 55.4 Å². The lowest BCUT2D eigenvalue weighted by molar-refractivity contribution is -0.150. The van der Waals surface area contributed by atoms with Gasteiger partial charge in [-0.2, -0.15) is 0 Å². The van der Waals surface area contributed by atoms with Crippen LogP contribution in [0.15, 0.2) is 18.2 Å². The highest BCUT2D eigenvalue weighted by Crippen LogP contribution is 2.14. The Morgan fingerprint density at radius 2 is 1.83 bits per heavy atom. The highest BCUT2D eigenvalue weighted by Gasteiger charge is 2.22. The number of esters is 1. The minimum Gasteiger partial charge on any atom is -0.465 e. The van der Waals surface area contributed by atoms with Gasteiger partial charge < -0.3 is 10.1 Å². The van der Waals surface area contributed by atoms with Crippen LogP contribution in [0.2, 0.25) is 0 Å². The van der Waals surface area contributed by atoms with Gasteiger partial charge >= 0.3 is 5.97 Å². The van der Waals surface area contributed by atoms with Gasteiger partial charge in [0, 0.05) is 11.8 Å². The summed E-state index contributed by atoms with van der Waals surface area (Å²) in [5, 5.41) is 2.24. The van der Waals surface area contributed by atoms with E-state index in [9.17, 15) is 18.4 Å². The maximum absolute atomic E-state index is 12.9. The lowest BCUT2D eigenvalue weighted by Gasteiger charge is -2.11. The number of carbonyl (C=O) groups is 2. The fourth-order valence-electron chi connectivity index (χ4n) is 1.25. The first kappa shape index (κ1) is 14.1. The predicted octanol–water partition coefficient (Wildman–Crippen LogP) is 2.10. The second-order valence-electron chi connectivity index (χ2n) is 3.62. The number of amides is 1. The molecule has 0 aliphatic carbocycles. The third-order valence-electron chi connectivity index (χ3n) is 2.16. The molecule has 0 aliphatic rings. The molecule has 0 fully saturated rings. The smallest absolute Gasteiger partial charge is 0.318 e. The van der Waals surface area contributed by atoms with Gasteiger partial charge in [0.15, 0.2) is 0 Å². The largest absolute Gasteiger partial charge is 0.465 e. The van der Waals surface area contributed by atoms with Crippen molar-refractivity contribution in [1.29, 1.82) is 0 Å². The number of anilines is 1. The molecule has 0 aromatic heterocycles. The van der Waals surface area contributed by atoms with Crippen LogP contribution in [-0.2, 0) is 14.3 Å². The van der Waals surface area contributed by atoms with Crippen molar-refractivity contribution in [1.82, 2.24) is 0 Å². The fourth-order valence-corrected chi connectivity index (χ4v) is 1.25. The summed E-state index contributed by atoms with van der Waals surface area (Å²) in [6.45, 7) is 3.12. The minimum absolute atomic E-state index is 0.0475. The zero-order valence-electron chi connectivity index (χ0n) is 10.00. The molecule has 0 aliphatic heterocycles. The van der Waals surface area contributed by atoms with Gasteiger partial charge in [-0.25, -0.2) is 8.78 Å². The third kappa shape index (κ3) is 3.80. The van der Waals surface area contributed by atoms with Gasteiger partial charge in [-0.1, -0.05) is 0 Å². The average molecular weight is 257 g/mol. The Morgan fingerprint density at radius 1 is 1.28 bits per heavy atom. The van der Waals surface area contributed by atoms with Gasteiger partial charge in [0.1, 0.15) is 17.6 Å². The summed E-state index contributed by atoms with van der Waals surface area (Å²) in [4.78, 5) is 22.9. The number of hydrogen-bond acceptors (Lipinski definition) is 3. The van der Waals surface area contributed by atoms with Crippen molar-refractivity contribution in [2.75, 3.05) is 11.9 Å². The molecular formula is C12H13F2NO3. The first-order valence-corrected chi connectivity index (χ1v) is 5.37. The molecule has 18 heavy (non-hydrogen) atoms.